The first-order chi connectivity index (χ1) is 30.8. The number of phenols is 1. The third-order valence-electron chi connectivity index (χ3n) is 12.9. The number of allylic oxidation sites excluding steroid dienone is 1. The molecule has 338 valence electrons. The molecule has 2 heterocycles. The van der Waals surface area contributed by atoms with E-state index in [9.17, 15) is 41.0 Å². The molecule has 4 atom stereocenters. The van der Waals surface area contributed by atoms with E-state index >= 15 is 0 Å². The van der Waals surface area contributed by atoms with Gasteiger partial charge in [-0.3, -0.25) is 9.59 Å². The van der Waals surface area contributed by atoms with E-state index in [1.165, 1.54) is 0 Å². The molecule has 6 nitrogen and oxygen atoms in total. The maximum Gasteiger partial charge on any atom is 0.416 e. The summed E-state index contributed by atoms with van der Waals surface area (Å²) in [7, 11) is -3.20. The van der Waals surface area contributed by atoms with Crippen molar-refractivity contribution < 1.29 is 50.2 Å². The molecule has 2 fully saturated rings. The minimum Gasteiger partial charge on any atom is -0.507 e. The molecule has 0 spiro atoms. The molecule has 8 rings (SSSR count). The van der Waals surface area contributed by atoms with Crippen LogP contribution in [0.15, 0.2) is 143 Å². The van der Waals surface area contributed by atoms with Gasteiger partial charge in [0.2, 0.25) is 11.8 Å². The number of carbonyl (C=O) groups excluding carboxylic acids is 2. The first kappa shape index (κ1) is 46.3. The molecule has 0 aromatic heterocycles. The molecule has 5 aromatic carbocycles. The Balaban J connectivity index is 1.22. The molecule has 1 aliphatic carbocycles. The highest BCUT2D eigenvalue weighted by atomic mass is 79.9. The Morgan fingerprint density at radius 3 is 1.91 bits per heavy atom. The SMILES string of the molecule is CC(C)(C)[Si](OCC1=C2[C@@H](CC/C(=C/c3cc(Br)ccc3O)c3ccccc3)OC[C@@H]2[C@@H]2C(=O)N(c3cc(C(F)(F)F)cc(C(F)(F)F)c3)C(=O)[C@@H]2C1)(c1ccccc1)c1ccccc1. The maximum absolute atomic E-state index is 14.6. The van der Waals surface area contributed by atoms with E-state index in [0.717, 1.165) is 31.6 Å². The Bertz CT molecular complexity index is 2580. The lowest BCUT2D eigenvalue weighted by Crippen LogP contribution is -2.66. The van der Waals surface area contributed by atoms with E-state index in [1.807, 2.05) is 97.1 Å². The number of anilines is 1. The van der Waals surface area contributed by atoms with Crippen molar-refractivity contribution >= 4 is 63.8 Å². The van der Waals surface area contributed by atoms with Gasteiger partial charge in [0, 0.05) is 16.0 Å². The van der Waals surface area contributed by atoms with E-state index in [1.54, 1.807) is 18.2 Å². The van der Waals surface area contributed by atoms with Gasteiger partial charge in [-0.15, -0.1) is 0 Å². The van der Waals surface area contributed by atoms with Gasteiger partial charge in [-0.2, -0.15) is 26.3 Å². The molecular formula is C51H46BrF6NO5Si. The Hall–Kier alpha value is -5.28. The van der Waals surface area contributed by atoms with Crippen molar-refractivity contribution in [1.82, 2.24) is 0 Å². The number of fused-ring (bicyclic) bond motifs is 3. The number of halogens is 7. The molecule has 14 heteroatoms. The summed E-state index contributed by atoms with van der Waals surface area (Å²) in [6.45, 7) is 6.39. The van der Waals surface area contributed by atoms with E-state index < -0.39 is 78.2 Å². The summed E-state index contributed by atoms with van der Waals surface area (Å²) in [5.41, 5.74) is -0.199. The molecule has 0 unspecified atom stereocenters. The van der Waals surface area contributed by atoms with Crippen molar-refractivity contribution in [1.29, 1.82) is 0 Å². The van der Waals surface area contributed by atoms with Crippen LogP contribution in [0.5, 0.6) is 5.75 Å². The van der Waals surface area contributed by atoms with Crippen LogP contribution in [0.3, 0.4) is 0 Å². The highest BCUT2D eigenvalue weighted by molar-refractivity contribution is 9.10. The molecule has 2 saturated heterocycles. The molecule has 2 aliphatic heterocycles. The number of carbonyl (C=O) groups is 2. The van der Waals surface area contributed by atoms with Crippen LogP contribution < -0.4 is 15.3 Å². The highest BCUT2D eigenvalue weighted by Gasteiger charge is 2.58. The number of aromatic hydroxyl groups is 1. The quantitative estimate of drug-likeness (QED) is 0.0469. The van der Waals surface area contributed by atoms with Gasteiger partial charge in [0.25, 0.3) is 8.32 Å². The summed E-state index contributed by atoms with van der Waals surface area (Å²) >= 11 is 3.49. The second kappa shape index (κ2) is 17.8. The predicted molar refractivity (Wildman–Crippen MR) is 244 cm³/mol. The van der Waals surface area contributed by atoms with Gasteiger partial charge in [0.1, 0.15) is 5.75 Å². The average Bonchev–Trinajstić information content (AvgIpc) is 3.80. The van der Waals surface area contributed by atoms with Crippen molar-refractivity contribution in [2.24, 2.45) is 17.8 Å². The molecule has 5 aromatic rings. The molecule has 65 heavy (non-hydrogen) atoms. The van der Waals surface area contributed by atoms with E-state index in [0.29, 0.717) is 41.0 Å². The molecule has 3 aliphatic rings. The van der Waals surface area contributed by atoms with Gasteiger partial charge in [0.05, 0.1) is 48.0 Å². The minimum absolute atomic E-state index is 0.00998. The van der Waals surface area contributed by atoms with Crippen molar-refractivity contribution in [3.8, 4) is 5.75 Å². The third-order valence-corrected chi connectivity index (χ3v) is 18.3. The van der Waals surface area contributed by atoms with Crippen LogP contribution in [0.1, 0.15) is 62.3 Å². The first-order valence-corrected chi connectivity index (χ1v) is 24.0. The second-order valence-corrected chi connectivity index (χ2v) is 23.1. The molecular weight excluding hydrogens is 929 g/mol. The van der Waals surface area contributed by atoms with Crippen molar-refractivity contribution in [2.75, 3.05) is 18.1 Å². The summed E-state index contributed by atoms with van der Waals surface area (Å²) in [6.07, 6.45) is -8.25. The predicted octanol–water partition coefficient (Wildman–Crippen LogP) is 11.6. The zero-order valence-electron chi connectivity index (χ0n) is 35.7. The van der Waals surface area contributed by atoms with Gasteiger partial charge in [-0.1, -0.05) is 128 Å². The number of hydrogen-bond acceptors (Lipinski definition) is 5. The van der Waals surface area contributed by atoms with E-state index in [4.69, 9.17) is 9.16 Å². The molecule has 0 radical (unpaired) electrons. The van der Waals surface area contributed by atoms with Gasteiger partial charge >= 0.3 is 12.4 Å². The number of benzene rings is 5. The topological polar surface area (TPSA) is 76.1 Å². The number of alkyl halides is 6. The lowest BCUT2D eigenvalue weighted by Gasteiger charge is -2.44. The van der Waals surface area contributed by atoms with Crippen LogP contribution in [0.25, 0.3) is 11.6 Å². The largest absolute Gasteiger partial charge is 0.507 e. The number of rotatable bonds is 11. The van der Waals surface area contributed by atoms with Crippen LogP contribution >= 0.6 is 15.9 Å². The third kappa shape index (κ3) is 9.02. The number of amides is 2. The summed E-state index contributed by atoms with van der Waals surface area (Å²) in [4.78, 5) is 29.6. The van der Waals surface area contributed by atoms with Gasteiger partial charge < -0.3 is 14.3 Å². The fraction of sp³-hybridized carbons (Fsp3) is 0.294. The summed E-state index contributed by atoms with van der Waals surface area (Å²) in [5, 5.41) is 12.4. The molecule has 2 amide bonds. The standard InChI is InChI=1S/C51H46BrF6NO5Si/c1-49(2,3)65(39-15-9-5-10-16-39,40-17-11-6-12-18-40)64-29-34-25-41-46(48(62)59(47(41)61)38-27-35(50(53,54)55)26-36(28-38)51(56,57)58)42-30-63-44(45(34)42)22-19-32(31-13-7-4-8-14-31)23-33-24-37(52)20-21-43(33)60/h4-18,20-21,23-24,26-28,41-42,44,46,60H,19,22,25,29-30H2,1-3H3/b32-23-/t41-,42+,44-,46-/m1/s1. The minimum atomic E-state index is -5.19. The molecule has 1 N–H and O–H groups in total. The highest BCUT2D eigenvalue weighted by Crippen LogP contribution is 2.52. The monoisotopic (exact) mass is 973 g/mol. The van der Waals surface area contributed by atoms with Crippen LogP contribution in [0.2, 0.25) is 5.04 Å². The van der Waals surface area contributed by atoms with E-state index in [2.05, 4.69) is 36.7 Å². The number of phenolic OH excluding ortho intramolecular Hbond substituents is 1. The smallest absolute Gasteiger partial charge is 0.416 e. The Kier molecular flexibility index (Phi) is 12.7. The molecule has 0 bridgehead atoms. The lowest BCUT2D eigenvalue weighted by molar-refractivity contribution is -0.143. The van der Waals surface area contributed by atoms with E-state index in [-0.39, 0.29) is 31.5 Å². The normalized spacial score (nSPS) is 20.6. The number of imide groups is 1. The fourth-order valence-electron chi connectivity index (χ4n) is 9.95. The van der Waals surface area contributed by atoms with Crippen molar-refractivity contribution in [2.45, 2.75) is 63.5 Å². The lowest BCUT2D eigenvalue weighted by atomic mass is 9.69. The van der Waals surface area contributed by atoms with Gasteiger partial charge in [0.15, 0.2) is 0 Å². The van der Waals surface area contributed by atoms with Crippen LogP contribution in [-0.4, -0.2) is 44.6 Å². The van der Waals surface area contributed by atoms with Gasteiger partial charge in [-0.05, 0) is 99.4 Å². The fourth-order valence-corrected chi connectivity index (χ4v) is 14.9. The van der Waals surface area contributed by atoms with Crippen LogP contribution in [-0.2, 0) is 31.1 Å². The zero-order chi connectivity index (χ0) is 46.5. The first-order valence-electron chi connectivity index (χ1n) is 21.3. The number of hydrogen-bond donors (Lipinski definition) is 1. The van der Waals surface area contributed by atoms with Crippen molar-refractivity contribution in [3.63, 3.8) is 0 Å². The second-order valence-electron chi connectivity index (χ2n) is 17.8. The van der Waals surface area contributed by atoms with Gasteiger partial charge in [-0.25, -0.2) is 4.90 Å². The van der Waals surface area contributed by atoms with Crippen LogP contribution in [0, 0.1) is 17.8 Å². The maximum atomic E-state index is 14.6. The summed E-state index contributed by atoms with van der Waals surface area (Å²) < 4.78 is 99.3. The number of ether oxygens (including phenoxy) is 1. The number of nitrogens with zero attached hydrogens (tertiary/aromatic N) is 1. The molecule has 0 saturated carbocycles. The average molecular weight is 975 g/mol. The summed E-state index contributed by atoms with van der Waals surface area (Å²) in [6, 6.07) is 35.5. The van der Waals surface area contributed by atoms with Crippen molar-refractivity contribution in [3.05, 3.63) is 165 Å². The van der Waals surface area contributed by atoms with Crippen LogP contribution in [0.4, 0.5) is 32.0 Å². The Labute approximate surface area is 382 Å². The Morgan fingerprint density at radius 1 is 0.785 bits per heavy atom. The summed E-state index contributed by atoms with van der Waals surface area (Å²) in [5.74, 6) is -4.59. The zero-order valence-corrected chi connectivity index (χ0v) is 38.3. The Morgan fingerprint density at radius 2 is 1.35 bits per heavy atom.